The van der Waals surface area contributed by atoms with Gasteiger partial charge < -0.3 is 10.1 Å². The third-order valence-electron chi connectivity index (χ3n) is 2.84. The monoisotopic (exact) mass is 274 g/mol. The standard InChI is InChI=1S/C15H15FN2O2/c1-20-14-5-4-12(9-13(14)16)15(19)18-8-6-11-3-2-7-17-10-11/h2-5,7,9-10H,6,8H2,1H3,(H,18,19). The molecule has 1 aromatic carbocycles. The minimum Gasteiger partial charge on any atom is -0.494 e. The quantitative estimate of drug-likeness (QED) is 0.909. The van der Waals surface area contributed by atoms with Crippen molar-refractivity contribution < 1.29 is 13.9 Å². The molecule has 4 nitrogen and oxygen atoms in total. The van der Waals surface area contributed by atoms with Gasteiger partial charge in [-0.25, -0.2) is 4.39 Å². The first kappa shape index (κ1) is 14.0. The third-order valence-corrected chi connectivity index (χ3v) is 2.84. The molecule has 1 N–H and O–H groups in total. The van der Waals surface area contributed by atoms with E-state index < -0.39 is 5.82 Å². The van der Waals surface area contributed by atoms with Gasteiger partial charge in [0, 0.05) is 24.5 Å². The molecular weight excluding hydrogens is 259 g/mol. The van der Waals surface area contributed by atoms with Crippen molar-refractivity contribution in [3.63, 3.8) is 0 Å². The molecule has 0 aliphatic heterocycles. The van der Waals surface area contributed by atoms with Gasteiger partial charge in [-0.15, -0.1) is 0 Å². The van der Waals surface area contributed by atoms with Crippen molar-refractivity contribution in [1.82, 2.24) is 10.3 Å². The van der Waals surface area contributed by atoms with E-state index in [1.165, 1.54) is 19.2 Å². The molecule has 0 aliphatic carbocycles. The van der Waals surface area contributed by atoms with E-state index in [-0.39, 0.29) is 17.2 Å². The zero-order valence-electron chi connectivity index (χ0n) is 11.1. The molecule has 2 aromatic rings. The van der Waals surface area contributed by atoms with Crippen LogP contribution in [0.3, 0.4) is 0 Å². The minimum atomic E-state index is -0.549. The molecule has 0 radical (unpaired) electrons. The number of benzene rings is 1. The number of methoxy groups -OCH3 is 1. The van der Waals surface area contributed by atoms with Gasteiger partial charge in [0.25, 0.3) is 5.91 Å². The topological polar surface area (TPSA) is 51.2 Å². The van der Waals surface area contributed by atoms with Crippen LogP contribution in [0.4, 0.5) is 4.39 Å². The van der Waals surface area contributed by atoms with Gasteiger partial charge in [0.2, 0.25) is 0 Å². The zero-order valence-corrected chi connectivity index (χ0v) is 11.1. The number of nitrogens with one attached hydrogen (secondary N) is 1. The highest BCUT2D eigenvalue weighted by Crippen LogP contribution is 2.17. The molecular formula is C15H15FN2O2. The van der Waals surface area contributed by atoms with Crippen LogP contribution in [-0.2, 0) is 6.42 Å². The first-order valence-corrected chi connectivity index (χ1v) is 6.21. The number of carbonyl (C=O) groups is 1. The SMILES string of the molecule is COc1ccc(C(=O)NCCc2cccnc2)cc1F. The van der Waals surface area contributed by atoms with Crippen molar-refractivity contribution >= 4 is 5.91 Å². The van der Waals surface area contributed by atoms with Crippen LogP contribution in [0.15, 0.2) is 42.7 Å². The number of pyridine rings is 1. The van der Waals surface area contributed by atoms with E-state index in [1.54, 1.807) is 12.4 Å². The highest BCUT2D eigenvalue weighted by molar-refractivity contribution is 5.94. The summed E-state index contributed by atoms with van der Waals surface area (Å²) in [6, 6.07) is 7.91. The Bertz CT molecular complexity index is 588. The number of amides is 1. The molecule has 0 saturated heterocycles. The summed E-state index contributed by atoms with van der Waals surface area (Å²) in [7, 11) is 1.38. The summed E-state index contributed by atoms with van der Waals surface area (Å²) < 4.78 is 18.3. The average Bonchev–Trinajstić information content (AvgIpc) is 2.48. The maximum atomic E-state index is 13.5. The summed E-state index contributed by atoms with van der Waals surface area (Å²) in [5, 5.41) is 2.74. The fourth-order valence-electron chi connectivity index (χ4n) is 1.78. The molecule has 2 rings (SSSR count). The second kappa shape index (κ2) is 6.65. The Hall–Kier alpha value is -2.43. The number of hydrogen-bond donors (Lipinski definition) is 1. The lowest BCUT2D eigenvalue weighted by molar-refractivity contribution is 0.0953. The van der Waals surface area contributed by atoms with Crippen molar-refractivity contribution in [2.24, 2.45) is 0 Å². The largest absolute Gasteiger partial charge is 0.494 e. The average molecular weight is 274 g/mol. The lowest BCUT2D eigenvalue weighted by atomic mass is 10.2. The Kier molecular flexibility index (Phi) is 4.65. The smallest absolute Gasteiger partial charge is 0.251 e. The molecule has 5 heteroatoms. The molecule has 1 aromatic heterocycles. The van der Waals surface area contributed by atoms with Gasteiger partial charge >= 0.3 is 0 Å². The Morgan fingerprint density at radius 1 is 1.40 bits per heavy atom. The Morgan fingerprint density at radius 2 is 2.25 bits per heavy atom. The Balaban J connectivity index is 1.90. The van der Waals surface area contributed by atoms with E-state index >= 15 is 0 Å². The summed E-state index contributed by atoms with van der Waals surface area (Å²) in [4.78, 5) is 15.8. The van der Waals surface area contributed by atoms with Crippen LogP contribution in [0, 0.1) is 5.82 Å². The van der Waals surface area contributed by atoms with E-state index in [4.69, 9.17) is 4.74 Å². The Labute approximate surface area is 116 Å². The molecule has 0 atom stereocenters. The number of rotatable bonds is 5. The van der Waals surface area contributed by atoms with Crippen LogP contribution in [0.5, 0.6) is 5.75 Å². The molecule has 104 valence electrons. The third kappa shape index (κ3) is 3.54. The summed E-state index contributed by atoms with van der Waals surface area (Å²) in [5.74, 6) is -0.736. The number of carbonyl (C=O) groups excluding carboxylic acids is 1. The minimum absolute atomic E-state index is 0.122. The summed E-state index contributed by atoms with van der Waals surface area (Å²) in [6.45, 7) is 0.470. The van der Waals surface area contributed by atoms with Gasteiger partial charge in [-0.05, 0) is 36.2 Å². The zero-order chi connectivity index (χ0) is 14.4. The van der Waals surface area contributed by atoms with Gasteiger partial charge in [-0.3, -0.25) is 9.78 Å². The van der Waals surface area contributed by atoms with E-state index in [9.17, 15) is 9.18 Å². The van der Waals surface area contributed by atoms with Gasteiger partial charge in [-0.1, -0.05) is 6.07 Å². The predicted octanol–water partition coefficient (Wildman–Crippen LogP) is 2.20. The van der Waals surface area contributed by atoms with Gasteiger partial charge in [0.05, 0.1) is 7.11 Å². The first-order chi connectivity index (χ1) is 9.70. The molecule has 0 unspecified atom stereocenters. The summed E-state index contributed by atoms with van der Waals surface area (Å²) in [5.41, 5.74) is 1.31. The maximum absolute atomic E-state index is 13.5. The van der Waals surface area contributed by atoms with Gasteiger partial charge in [0.1, 0.15) is 0 Å². The van der Waals surface area contributed by atoms with Crippen LogP contribution in [-0.4, -0.2) is 24.5 Å². The lowest BCUT2D eigenvalue weighted by Gasteiger charge is -2.07. The number of ether oxygens (including phenoxy) is 1. The summed E-state index contributed by atoms with van der Waals surface area (Å²) in [6.07, 6.45) is 4.12. The van der Waals surface area contributed by atoms with Crippen LogP contribution in [0.2, 0.25) is 0 Å². The molecule has 0 aliphatic rings. The fraction of sp³-hybridized carbons (Fsp3) is 0.200. The molecule has 0 saturated carbocycles. The van der Waals surface area contributed by atoms with Crippen molar-refractivity contribution in [3.05, 3.63) is 59.7 Å². The van der Waals surface area contributed by atoms with Gasteiger partial charge in [0.15, 0.2) is 11.6 Å². The molecule has 1 amide bonds. The van der Waals surface area contributed by atoms with Crippen molar-refractivity contribution in [3.8, 4) is 5.75 Å². The van der Waals surface area contributed by atoms with E-state index in [0.717, 1.165) is 11.6 Å². The molecule has 0 bridgehead atoms. The van der Waals surface area contributed by atoms with Gasteiger partial charge in [-0.2, -0.15) is 0 Å². The molecule has 20 heavy (non-hydrogen) atoms. The molecule has 0 fully saturated rings. The number of halogens is 1. The maximum Gasteiger partial charge on any atom is 0.251 e. The van der Waals surface area contributed by atoms with E-state index in [0.29, 0.717) is 13.0 Å². The molecule has 1 heterocycles. The number of nitrogens with zero attached hydrogens (tertiary/aromatic N) is 1. The second-order valence-corrected chi connectivity index (χ2v) is 4.22. The van der Waals surface area contributed by atoms with Crippen LogP contribution < -0.4 is 10.1 Å². The summed E-state index contributed by atoms with van der Waals surface area (Å²) >= 11 is 0. The second-order valence-electron chi connectivity index (χ2n) is 4.22. The highest BCUT2D eigenvalue weighted by atomic mass is 19.1. The predicted molar refractivity (Wildman–Crippen MR) is 73.2 cm³/mol. The van der Waals surface area contributed by atoms with E-state index in [1.807, 2.05) is 12.1 Å². The van der Waals surface area contributed by atoms with Crippen molar-refractivity contribution in [2.45, 2.75) is 6.42 Å². The number of hydrogen-bond acceptors (Lipinski definition) is 3. The Morgan fingerprint density at radius 3 is 2.90 bits per heavy atom. The van der Waals surface area contributed by atoms with Crippen molar-refractivity contribution in [2.75, 3.05) is 13.7 Å². The van der Waals surface area contributed by atoms with Crippen LogP contribution >= 0.6 is 0 Å². The number of aromatic nitrogens is 1. The van der Waals surface area contributed by atoms with Crippen molar-refractivity contribution in [1.29, 1.82) is 0 Å². The lowest BCUT2D eigenvalue weighted by Crippen LogP contribution is -2.25. The van der Waals surface area contributed by atoms with E-state index in [2.05, 4.69) is 10.3 Å². The van der Waals surface area contributed by atoms with Crippen LogP contribution in [0.1, 0.15) is 15.9 Å². The van der Waals surface area contributed by atoms with Crippen LogP contribution in [0.25, 0.3) is 0 Å². The highest BCUT2D eigenvalue weighted by Gasteiger charge is 2.09. The normalized spacial score (nSPS) is 10.1. The fourth-order valence-corrected chi connectivity index (χ4v) is 1.78. The molecule has 0 spiro atoms. The first-order valence-electron chi connectivity index (χ1n) is 6.21.